The molecule has 2 aliphatic rings. The lowest BCUT2D eigenvalue weighted by molar-refractivity contribution is 0.0708. The zero-order valence-corrected chi connectivity index (χ0v) is 12.9. The van der Waals surface area contributed by atoms with Crippen molar-refractivity contribution in [2.45, 2.75) is 53.0 Å². The Balaban J connectivity index is 1.87. The molecule has 1 aliphatic carbocycles. The molecule has 1 saturated heterocycles. The second-order valence-corrected chi connectivity index (χ2v) is 7.83. The van der Waals surface area contributed by atoms with Gasteiger partial charge in [0, 0.05) is 30.0 Å². The van der Waals surface area contributed by atoms with Crippen molar-refractivity contribution in [3.05, 3.63) is 29.6 Å². The van der Waals surface area contributed by atoms with E-state index in [4.69, 9.17) is 0 Å². The highest BCUT2D eigenvalue weighted by molar-refractivity contribution is 5.94. The van der Waals surface area contributed by atoms with E-state index in [9.17, 15) is 4.79 Å². The van der Waals surface area contributed by atoms with E-state index in [1.807, 2.05) is 19.1 Å². The number of fused-ring (bicyclic) bond motifs is 2. The molecule has 3 heteroatoms. The molecule has 2 unspecified atom stereocenters. The Morgan fingerprint density at radius 1 is 1.35 bits per heavy atom. The number of carbonyl (C=O) groups excluding carboxylic acids is 1. The smallest absolute Gasteiger partial charge is 0.254 e. The number of likely N-dealkylation sites (tertiary alicyclic amines) is 1. The molecule has 2 bridgehead atoms. The monoisotopic (exact) mass is 272 g/mol. The molecule has 1 aliphatic heterocycles. The van der Waals surface area contributed by atoms with Gasteiger partial charge in [-0.2, -0.15) is 0 Å². The summed E-state index contributed by atoms with van der Waals surface area (Å²) in [5, 5.41) is 0. The SMILES string of the molecule is Cc1cc(C(=O)N2CC3(C)CC2CC(C)(C)C3)ccn1. The van der Waals surface area contributed by atoms with Gasteiger partial charge < -0.3 is 4.90 Å². The van der Waals surface area contributed by atoms with Crippen LogP contribution in [0.15, 0.2) is 18.3 Å². The molecule has 2 heterocycles. The van der Waals surface area contributed by atoms with E-state index in [2.05, 4.69) is 30.7 Å². The van der Waals surface area contributed by atoms with E-state index in [-0.39, 0.29) is 5.91 Å². The second kappa shape index (κ2) is 4.31. The topological polar surface area (TPSA) is 33.2 Å². The van der Waals surface area contributed by atoms with Crippen LogP contribution < -0.4 is 0 Å². The van der Waals surface area contributed by atoms with Crippen LogP contribution in [-0.4, -0.2) is 28.4 Å². The van der Waals surface area contributed by atoms with Crippen LogP contribution in [0.25, 0.3) is 0 Å². The maximum Gasteiger partial charge on any atom is 0.254 e. The van der Waals surface area contributed by atoms with Crippen molar-refractivity contribution in [2.24, 2.45) is 10.8 Å². The average Bonchev–Trinajstić information content (AvgIpc) is 2.57. The van der Waals surface area contributed by atoms with Gasteiger partial charge in [0.25, 0.3) is 5.91 Å². The molecule has 1 aromatic rings. The Bertz CT molecular complexity index is 552. The summed E-state index contributed by atoms with van der Waals surface area (Å²) in [7, 11) is 0. The van der Waals surface area contributed by atoms with Gasteiger partial charge in [-0.3, -0.25) is 9.78 Å². The second-order valence-electron chi connectivity index (χ2n) is 7.83. The summed E-state index contributed by atoms with van der Waals surface area (Å²) in [6, 6.07) is 4.15. The van der Waals surface area contributed by atoms with Gasteiger partial charge in [0.05, 0.1) is 0 Å². The first-order valence-electron chi connectivity index (χ1n) is 7.52. The number of hydrogen-bond donors (Lipinski definition) is 0. The summed E-state index contributed by atoms with van der Waals surface area (Å²) in [4.78, 5) is 19.1. The first-order valence-corrected chi connectivity index (χ1v) is 7.52. The lowest BCUT2D eigenvalue weighted by Crippen LogP contribution is -2.37. The fraction of sp³-hybridized carbons (Fsp3) is 0.647. The third kappa shape index (κ3) is 2.34. The van der Waals surface area contributed by atoms with Crippen LogP contribution >= 0.6 is 0 Å². The van der Waals surface area contributed by atoms with E-state index in [1.165, 1.54) is 6.42 Å². The van der Waals surface area contributed by atoms with Crippen molar-refractivity contribution in [3.63, 3.8) is 0 Å². The minimum Gasteiger partial charge on any atom is -0.335 e. The van der Waals surface area contributed by atoms with Crippen molar-refractivity contribution in [1.82, 2.24) is 9.88 Å². The molecule has 2 atom stereocenters. The fourth-order valence-electron chi connectivity index (χ4n) is 4.54. The Hall–Kier alpha value is -1.38. The number of hydrogen-bond acceptors (Lipinski definition) is 2. The molecule has 2 fully saturated rings. The first kappa shape index (κ1) is 13.6. The Morgan fingerprint density at radius 3 is 2.80 bits per heavy atom. The fourth-order valence-corrected chi connectivity index (χ4v) is 4.54. The highest BCUT2D eigenvalue weighted by Crippen LogP contribution is 2.52. The highest BCUT2D eigenvalue weighted by Gasteiger charge is 2.50. The minimum atomic E-state index is 0.182. The zero-order chi connectivity index (χ0) is 14.5. The highest BCUT2D eigenvalue weighted by atomic mass is 16.2. The van der Waals surface area contributed by atoms with Gasteiger partial charge in [-0.15, -0.1) is 0 Å². The van der Waals surface area contributed by atoms with Crippen LogP contribution in [0.2, 0.25) is 0 Å². The third-order valence-corrected chi connectivity index (χ3v) is 4.82. The van der Waals surface area contributed by atoms with Crippen molar-refractivity contribution >= 4 is 5.91 Å². The van der Waals surface area contributed by atoms with E-state index in [0.29, 0.717) is 16.9 Å². The van der Waals surface area contributed by atoms with Crippen LogP contribution in [0, 0.1) is 17.8 Å². The number of carbonyl (C=O) groups is 1. The molecule has 0 N–H and O–H groups in total. The summed E-state index contributed by atoms with van der Waals surface area (Å²) < 4.78 is 0. The summed E-state index contributed by atoms with van der Waals surface area (Å²) in [5.74, 6) is 0.182. The number of nitrogens with zero attached hydrogens (tertiary/aromatic N) is 2. The van der Waals surface area contributed by atoms with E-state index >= 15 is 0 Å². The van der Waals surface area contributed by atoms with Crippen LogP contribution in [0.3, 0.4) is 0 Å². The molecule has 1 saturated carbocycles. The molecule has 3 rings (SSSR count). The Morgan fingerprint density at radius 2 is 2.10 bits per heavy atom. The van der Waals surface area contributed by atoms with Crippen molar-refractivity contribution < 1.29 is 4.79 Å². The summed E-state index contributed by atoms with van der Waals surface area (Å²) in [6.45, 7) is 9.85. The van der Waals surface area contributed by atoms with Crippen LogP contribution in [0.5, 0.6) is 0 Å². The van der Waals surface area contributed by atoms with Gasteiger partial charge >= 0.3 is 0 Å². The lowest BCUT2D eigenvalue weighted by atomic mass is 9.65. The normalized spacial score (nSPS) is 31.4. The Kier molecular flexibility index (Phi) is 2.93. The zero-order valence-electron chi connectivity index (χ0n) is 12.9. The quantitative estimate of drug-likeness (QED) is 0.784. The maximum atomic E-state index is 12.8. The van der Waals surface area contributed by atoms with Crippen LogP contribution in [0.4, 0.5) is 0 Å². The molecule has 1 aromatic heterocycles. The van der Waals surface area contributed by atoms with Crippen LogP contribution in [-0.2, 0) is 0 Å². The van der Waals surface area contributed by atoms with Gasteiger partial charge in [-0.05, 0) is 49.1 Å². The standard InChI is InChI=1S/C17H24N2O/c1-12-7-13(5-6-18-12)15(20)19-11-17(4)9-14(19)8-16(2,3)10-17/h5-7,14H,8-11H2,1-4H3. The summed E-state index contributed by atoms with van der Waals surface area (Å²) in [6.07, 6.45) is 5.23. The molecule has 20 heavy (non-hydrogen) atoms. The molecule has 1 amide bonds. The van der Waals surface area contributed by atoms with Gasteiger partial charge in [0.2, 0.25) is 0 Å². The predicted molar refractivity (Wildman–Crippen MR) is 79.5 cm³/mol. The Labute approximate surface area is 121 Å². The number of amides is 1. The largest absolute Gasteiger partial charge is 0.335 e. The molecular weight excluding hydrogens is 248 g/mol. The number of rotatable bonds is 1. The van der Waals surface area contributed by atoms with Crippen LogP contribution in [0.1, 0.15) is 56.1 Å². The summed E-state index contributed by atoms with van der Waals surface area (Å²) >= 11 is 0. The predicted octanol–water partition coefficient (Wildman–Crippen LogP) is 3.43. The minimum absolute atomic E-state index is 0.182. The van der Waals surface area contributed by atoms with E-state index in [1.54, 1.807) is 6.20 Å². The molecule has 0 radical (unpaired) electrons. The average molecular weight is 272 g/mol. The third-order valence-electron chi connectivity index (χ3n) is 4.82. The first-order chi connectivity index (χ1) is 9.28. The number of aromatic nitrogens is 1. The molecule has 0 spiro atoms. The van der Waals surface area contributed by atoms with Gasteiger partial charge in [0.1, 0.15) is 0 Å². The molecule has 0 aromatic carbocycles. The summed E-state index contributed by atoms with van der Waals surface area (Å²) in [5.41, 5.74) is 2.33. The molecule has 108 valence electrons. The molecule has 3 nitrogen and oxygen atoms in total. The van der Waals surface area contributed by atoms with E-state index in [0.717, 1.165) is 30.6 Å². The van der Waals surface area contributed by atoms with Crippen molar-refractivity contribution in [2.75, 3.05) is 6.54 Å². The van der Waals surface area contributed by atoms with Gasteiger partial charge in [-0.25, -0.2) is 0 Å². The van der Waals surface area contributed by atoms with Crippen molar-refractivity contribution in [1.29, 1.82) is 0 Å². The van der Waals surface area contributed by atoms with Gasteiger partial charge in [-0.1, -0.05) is 20.8 Å². The molecular formula is C17H24N2O. The van der Waals surface area contributed by atoms with Gasteiger partial charge in [0.15, 0.2) is 0 Å². The van der Waals surface area contributed by atoms with Crippen molar-refractivity contribution in [3.8, 4) is 0 Å². The van der Waals surface area contributed by atoms with E-state index < -0.39 is 0 Å². The number of aryl methyl sites for hydroxylation is 1. The maximum absolute atomic E-state index is 12.8. The number of pyridine rings is 1. The lowest BCUT2D eigenvalue weighted by Gasteiger charge is -2.39.